The molecule has 0 heterocycles. The number of benzene rings is 2. The number of halogens is 2. The molecule has 0 aromatic heterocycles. The maximum atomic E-state index is 11.9. The van der Waals surface area contributed by atoms with Crippen molar-refractivity contribution in [2.75, 3.05) is 13.2 Å². The van der Waals surface area contributed by atoms with E-state index >= 15 is 0 Å². The van der Waals surface area contributed by atoms with Gasteiger partial charge in [0.2, 0.25) is 0 Å². The molecule has 0 spiro atoms. The zero-order valence-corrected chi connectivity index (χ0v) is 16.7. The van der Waals surface area contributed by atoms with Gasteiger partial charge in [-0.2, -0.15) is 5.10 Å². The largest absolute Gasteiger partial charge is 0.504 e. The molecule has 0 aliphatic heterocycles. The zero-order chi connectivity index (χ0) is 20.0. The summed E-state index contributed by atoms with van der Waals surface area (Å²) in [6.45, 7) is 5.71. The van der Waals surface area contributed by atoms with Crippen LogP contribution in [0.15, 0.2) is 29.4 Å². The Morgan fingerprint density at radius 3 is 2.56 bits per heavy atom. The van der Waals surface area contributed by atoms with Crippen LogP contribution >= 0.6 is 23.2 Å². The Hall–Kier alpha value is -2.44. The van der Waals surface area contributed by atoms with E-state index in [0.717, 1.165) is 11.1 Å². The van der Waals surface area contributed by atoms with Gasteiger partial charge in [-0.15, -0.1) is 0 Å². The van der Waals surface area contributed by atoms with E-state index in [4.69, 9.17) is 32.7 Å². The fourth-order valence-corrected chi connectivity index (χ4v) is 2.75. The fraction of sp³-hybridized carbons (Fsp3) is 0.263. The van der Waals surface area contributed by atoms with Gasteiger partial charge in [-0.25, -0.2) is 5.43 Å². The van der Waals surface area contributed by atoms with Crippen LogP contribution in [0.4, 0.5) is 0 Å². The summed E-state index contributed by atoms with van der Waals surface area (Å²) in [5.74, 6) is 0.166. The Morgan fingerprint density at radius 2 is 1.93 bits per heavy atom. The molecule has 1 amide bonds. The number of nitrogens with one attached hydrogen (secondary N) is 1. The molecule has 8 heteroatoms. The summed E-state index contributed by atoms with van der Waals surface area (Å²) in [5.41, 5.74) is 4.33. The molecule has 0 saturated carbocycles. The summed E-state index contributed by atoms with van der Waals surface area (Å²) < 4.78 is 10.8. The highest BCUT2D eigenvalue weighted by Crippen LogP contribution is 2.39. The number of amides is 1. The summed E-state index contributed by atoms with van der Waals surface area (Å²) in [6.07, 6.45) is 1.20. The van der Waals surface area contributed by atoms with Crippen molar-refractivity contribution in [3.8, 4) is 17.2 Å². The number of ether oxygens (including phenoxy) is 2. The predicted molar refractivity (Wildman–Crippen MR) is 106 cm³/mol. The molecule has 0 aliphatic carbocycles. The van der Waals surface area contributed by atoms with Crippen LogP contribution in [0.1, 0.15) is 23.6 Å². The van der Waals surface area contributed by atoms with Gasteiger partial charge in [0.05, 0.1) is 28.4 Å². The van der Waals surface area contributed by atoms with E-state index in [1.165, 1.54) is 12.3 Å². The summed E-state index contributed by atoms with van der Waals surface area (Å²) in [4.78, 5) is 11.9. The van der Waals surface area contributed by atoms with E-state index < -0.39 is 5.91 Å². The molecule has 0 unspecified atom stereocenters. The summed E-state index contributed by atoms with van der Waals surface area (Å²) in [7, 11) is 0. The van der Waals surface area contributed by atoms with Gasteiger partial charge < -0.3 is 14.6 Å². The number of carbonyl (C=O) groups is 1. The smallest absolute Gasteiger partial charge is 0.277 e. The SMILES string of the molecule is CCOc1cc(Cl)c(Cl)c(C=NNC(=O)COc2c(C)cccc2C)c1O. The first kappa shape index (κ1) is 20.9. The van der Waals surface area contributed by atoms with Gasteiger partial charge in [-0.3, -0.25) is 4.79 Å². The van der Waals surface area contributed by atoms with E-state index in [9.17, 15) is 9.90 Å². The van der Waals surface area contributed by atoms with Crippen LogP contribution in [-0.4, -0.2) is 30.4 Å². The summed E-state index contributed by atoms with van der Waals surface area (Å²) in [5, 5.41) is 14.3. The molecule has 144 valence electrons. The van der Waals surface area contributed by atoms with Crippen molar-refractivity contribution in [3.63, 3.8) is 0 Å². The highest BCUT2D eigenvalue weighted by atomic mass is 35.5. The van der Waals surface area contributed by atoms with Crippen LogP contribution in [0.25, 0.3) is 0 Å². The minimum Gasteiger partial charge on any atom is -0.504 e. The molecule has 0 fully saturated rings. The van der Waals surface area contributed by atoms with Crippen LogP contribution in [0, 0.1) is 13.8 Å². The van der Waals surface area contributed by atoms with Crippen molar-refractivity contribution in [1.29, 1.82) is 0 Å². The topological polar surface area (TPSA) is 80.2 Å². The fourth-order valence-electron chi connectivity index (χ4n) is 2.36. The van der Waals surface area contributed by atoms with Gasteiger partial charge in [0.15, 0.2) is 18.1 Å². The molecule has 6 nitrogen and oxygen atoms in total. The number of para-hydroxylation sites is 1. The normalized spacial score (nSPS) is 10.9. The number of aryl methyl sites for hydroxylation is 2. The molecule has 27 heavy (non-hydrogen) atoms. The van der Waals surface area contributed by atoms with Crippen LogP contribution in [0.2, 0.25) is 10.0 Å². The lowest BCUT2D eigenvalue weighted by atomic mass is 10.1. The second-order valence-corrected chi connectivity index (χ2v) is 6.45. The number of phenols is 1. The number of aromatic hydroxyl groups is 1. The predicted octanol–water partition coefficient (Wildman–Crippen LogP) is 4.24. The van der Waals surface area contributed by atoms with E-state index in [1.807, 2.05) is 32.0 Å². The highest BCUT2D eigenvalue weighted by molar-refractivity contribution is 6.43. The quantitative estimate of drug-likeness (QED) is 0.528. The molecule has 2 aromatic carbocycles. The first-order chi connectivity index (χ1) is 12.8. The van der Waals surface area contributed by atoms with Crippen LogP contribution in [-0.2, 0) is 4.79 Å². The van der Waals surface area contributed by atoms with Gasteiger partial charge >= 0.3 is 0 Å². The number of hydrogen-bond donors (Lipinski definition) is 2. The Morgan fingerprint density at radius 1 is 1.26 bits per heavy atom. The second kappa shape index (κ2) is 9.48. The number of carbonyl (C=O) groups excluding carboxylic acids is 1. The number of hydrogen-bond acceptors (Lipinski definition) is 5. The minimum absolute atomic E-state index is 0.0994. The standard InChI is InChI=1S/C19H20Cl2N2O4/c1-4-26-15-8-14(20)17(21)13(18(15)25)9-22-23-16(24)10-27-19-11(2)6-5-7-12(19)3/h5-9,25H,4,10H2,1-3H3,(H,23,24). The van der Waals surface area contributed by atoms with Crippen molar-refractivity contribution < 1.29 is 19.4 Å². The Labute approximate surface area is 167 Å². The number of nitrogens with zero attached hydrogens (tertiary/aromatic N) is 1. The lowest BCUT2D eigenvalue weighted by Gasteiger charge is -2.11. The number of phenolic OH excluding ortho intramolecular Hbond substituents is 1. The molecule has 0 saturated heterocycles. The maximum Gasteiger partial charge on any atom is 0.277 e. The van der Waals surface area contributed by atoms with Crippen molar-refractivity contribution >= 4 is 35.3 Å². The average molecular weight is 411 g/mol. The third-order valence-corrected chi connectivity index (χ3v) is 4.43. The Balaban J connectivity index is 2.04. The number of rotatable bonds is 7. The molecule has 0 bridgehead atoms. The molecular weight excluding hydrogens is 391 g/mol. The molecule has 2 rings (SSSR count). The van der Waals surface area contributed by atoms with Gasteiger partial charge in [0.25, 0.3) is 5.91 Å². The van der Waals surface area contributed by atoms with Crippen LogP contribution in [0.3, 0.4) is 0 Å². The monoisotopic (exact) mass is 410 g/mol. The van der Waals surface area contributed by atoms with Crippen LogP contribution in [0.5, 0.6) is 17.2 Å². The van der Waals surface area contributed by atoms with Gasteiger partial charge in [0, 0.05) is 6.07 Å². The van der Waals surface area contributed by atoms with Crippen molar-refractivity contribution in [2.24, 2.45) is 5.10 Å². The molecule has 2 aromatic rings. The Kier molecular flexibility index (Phi) is 7.33. The highest BCUT2D eigenvalue weighted by Gasteiger charge is 2.15. The Bertz CT molecular complexity index is 849. The van der Waals surface area contributed by atoms with E-state index in [2.05, 4.69) is 10.5 Å². The lowest BCUT2D eigenvalue weighted by Crippen LogP contribution is -2.25. The average Bonchev–Trinajstić information content (AvgIpc) is 2.62. The van der Waals surface area contributed by atoms with Gasteiger partial charge in [0.1, 0.15) is 5.75 Å². The molecule has 0 radical (unpaired) electrons. The third-order valence-electron chi connectivity index (χ3n) is 3.63. The maximum absolute atomic E-state index is 11.9. The molecule has 2 N–H and O–H groups in total. The van der Waals surface area contributed by atoms with E-state index in [-0.39, 0.29) is 33.7 Å². The van der Waals surface area contributed by atoms with Gasteiger partial charge in [-0.1, -0.05) is 41.4 Å². The summed E-state index contributed by atoms with van der Waals surface area (Å²) in [6, 6.07) is 7.13. The van der Waals surface area contributed by atoms with Gasteiger partial charge in [-0.05, 0) is 31.9 Å². The zero-order valence-electron chi connectivity index (χ0n) is 15.2. The first-order valence-corrected chi connectivity index (χ1v) is 8.95. The van der Waals surface area contributed by atoms with Crippen molar-refractivity contribution in [1.82, 2.24) is 5.43 Å². The van der Waals surface area contributed by atoms with E-state index in [1.54, 1.807) is 6.92 Å². The third kappa shape index (κ3) is 5.28. The van der Waals surface area contributed by atoms with Crippen molar-refractivity contribution in [3.05, 3.63) is 51.0 Å². The second-order valence-electron chi connectivity index (χ2n) is 5.67. The molecule has 0 atom stereocenters. The molecular formula is C19H20Cl2N2O4. The van der Waals surface area contributed by atoms with Crippen molar-refractivity contribution in [2.45, 2.75) is 20.8 Å². The van der Waals surface area contributed by atoms with E-state index in [0.29, 0.717) is 12.4 Å². The summed E-state index contributed by atoms with van der Waals surface area (Å²) >= 11 is 12.1. The first-order valence-electron chi connectivity index (χ1n) is 8.19. The van der Waals surface area contributed by atoms with Crippen LogP contribution < -0.4 is 14.9 Å². The molecule has 0 aliphatic rings. The number of hydrazone groups is 1. The minimum atomic E-state index is -0.462. The lowest BCUT2D eigenvalue weighted by molar-refractivity contribution is -0.123.